The van der Waals surface area contributed by atoms with Crippen LogP contribution in [0.3, 0.4) is 0 Å². The third-order valence-electron chi connectivity index (χ3n) is 14.4. The molecule has 0 bridgehead atoms. The Bertz CT molecular complexity index is 2840. The summed E-state index contributed by atoms with van der Waals surface area (Å²) in [6.45, 7) is 15.4. The van der Waals surface area contributed by atoms with Crippen LogP contribution >= 0.6 is 0 Å². The maximum Gasteiger partial charge on any atom is 0.326 e. The highest BCUT2D eigenvalue weighted by molar-refractivity contribution is 5.99. The van der Waals surface area contributed by atoms with Crippen LogP contribution in [0.25, 0.3) is 10.9 Å². The van der Waals surface area contributed by atoms with E-state index in [-0.39, 0.29) is 62.7 Å². The quantitative estimate of drug-likeness (QED) is 0.0372. The number of rotatable bonds is 29. The largest absolute Gasteiger partial charge is 0.508 e. The second kappa shape index (κ2) is 30.3. The molecule has 5 rings (SSSR count). The molecule has 0 aliphatic carbocycles. The van der Waals surface area contributed by atoms with Gasteiger partial charge in [-0.2, -0.15) is 0 Å². The number of aromatic hydroxyl groups is 1. The fourth-order valence-corrected chi connectivity index (χ4v) is 9.95. The second-order valence-corrected chi connectivity index (χ2v) is 22.9. The van der Waals surface area contributed by atoms with Crippen LogP contribution in [0.4, 0.5) is 0 Å². The van der Waals surface area contributed by atoms with Gasteiger partial charge in [0.05, 0.1) is 12.1 Å². The summed E-state index contributed by atoms with van der Waals surface area (Å²) in [6, 6.07) is 11.2. The summed E-state index contributed by atoms with van der Waals surface area (Å²) in [5, 5.41) is 50.1. The highest BCUT2D eigenvalue weighted by atomic mass is 16.4. The summed E-state index contributed by atoms with van der Waals surface area (Å²) in [5.74, 6) is -8.51. The summed E-state index contributed by atoms with van der Waals surface area (Å²) < 4.78 is 0. The SMILES string of the molecule is CC(C)C[C@H](NC(=O)[C@@H](NC(=O)[C@H](CC(C)C)NC(=O)[C@H](Cc1ccccc1)NC(=O)[C@@H](NC(=O)[C@@H](NC(=O)[C@@H]1CCCN1C(=O)[C@H](Cc1ccc(O)cc1)NC(=O)[C@@H](N)Cc1c[nH]c2ccccc12)C(C)C)C(C)C)[C@@H](C)O)C(=O)O. The molecule has 446 valence electrons. The zero-order chi connectivity index (χ0) is 60.5. The second-order valence-electron chi connectivity index (χ2n) is 22.9. The van der Waals surface area contributed by atoms with Gasteiger partial charge in [-0.25, -0.2) is 4.79 Å². The van der Waals surface area contributed by atoms with Crippen LogP contribution in [0.2, 0.25) is 0 Å². The molecule has 4 aromatic rings. The van der Waals surface area contributed by atoms with Gasteiger partial charge in [-0.15, -0.1) is 0 Å². The number of aliphatic carboxylic acids is 1. The average molecular weight is 1140 g/mol. The number of hydrogen-bond donors (Lipinski definition) is 12. The Kier molecular flexibility index (Phi) is 24.0. The van der Waals surface area contributed by atoms with Gasteiger partial charge in [0, 0.05) is 36.5 Å². The number of aliphatic hydroxyl groups excluding tert-OH is 1. The minimum atomic E-state index is -1.59. The number of benzene rings is 3. The highest BCUT2D eigenvalue weighted by Gasteiger charge is 2.41. The van der Waals surface area contributed by atoms with Crippen molar-refractivity contribution in [3.63, 3.8) is 0 Å². The van der Waals surface area contributed by atoms with Crippen LogP contribution in [0.5, 0.6) is 5.75 Å². The Hall–Kier alpha value is -7.85. The van der Waals surface area contributed by atoms with Gasteiger partial charge in [-0.05, 0) is 97.6 Å². The number of phenolic OH excluding ortho intramolecular Hbond substituents is 1. The minimum absolute atomic E-state index is 0.00797. The number of aliphatic hydroxyl groups is 1. The normalized spacial score (nSPS) is 16.7. The molecule has 1 saturated heterocycles. The summed E-state index contributed by atoms with van der Waals surface area (Å²) in [5.41, 5.74) is 9.42. The Balaban J connectivity index is 1.31. The molecule has 0 spiro atoms. The molecule has 13 N–H and O–H groups in total. The topological polar surface area (TPSA) is 344 Å². The van der Waals surface area contributed by atoms with E-state index in [1.165, 1.54) is 24.0 Å². The number of H-pyrrole nitrogens is 1. The van der Waals surface area contributed by atoms with E-state index in [1.807, 2.05) is 24.3 Å². The fraction of sp³-hybridized carbons (Fsp3) is 0.517. The minimum Gasteiger partial charge on any atom is -0.508 e. The van der Waals surface area contributed by atoms with E-state index in [9.17, 15) is 58.5 Å². The van der Waals surface area contributed by atoms with Crippen molar-refractivity contribution in [2.75, 3.05) is 6.54 Å². The molecule has 82 heavy (non-hydrogen) atoms. The van der Waals surface area contributed by atoms with Gasteiger partial charge in [0.1, 0.15) is 54.1 Å². The van der Waals surface area contributed by atoms with Crippen molar-refractivity contribution in [1.29, 1.82) is 0 Å². The van der Waals surface area contributed by atoms with Crippen LogP contribution in [0.1, 0.15) is 105 Å². The van der Waals surface area contributed by atoms with E-state index >= 15 is 0 Å². The molecule has 1 fully saturated rings. The molecule has 2 heterocycles. The number of carbonyl (C=O) groups is 9. The Morgan fingerprint density at radius 1 is 0.573 bits per heavy atom. The number of likely N-dealkylation sites (tertiary alicyclic amines) is 1. The number of nitrogens with two attached hydrogens (primary N) is 1. The summed E-state index contributed by atoms with van der Waals surface area (Å²) in [7, 11) is 0. The smallest absolute Gasteiger partial charge is 0.326 e. The molecule has 0 saturated carbocycles. The van der Waals surface area contributed by atoms with E-state index in [2.05, 4.69) is 42.2 Å². The monoisotopic (exact) mass is 1140 g/mol. The molecule has 8 amide bonds. The zero-order valence-electron chi connectivity index (χ0n) is 48.4. The first-order valence-corrected chi connectivity index (χ1v) is 28.2. The number of carboxylic acids is 1. The van der Waals surface area contributed by atoms with Crippen molar-refractivity contribution in [3.8, 4) is 5.75 Å². The number of carbonyl (C=O) groups excluding carboxylic acids is 8. The Morgan fingerprint density at radius 3 is 1.68 bits per heavy atom. The molecule has 0 radical (unpaired) electrons. The van der Waals surface area contributed by atoms with Gasteiger partial charge in [-0.1, -0.05) is 116 Å². The number of phenols is 1. The number of para-hydroxylation sites is 1. The predicted octanol–water partition coefficient (Wildman–Crippen LogP) is 2.48. The number of aromatic nitrogens is 1. The number of hydrogen-bond acceptors (Lipinski definition) is 12. The third-order valence-corrected chi connectivity index (χ3v) is 14.4. The van der Waals surface area contributed by atoms with Gasteiger partial charge in [0.15, 0.2) is 0 Å². The first-order chi connectivity index (χ1) is 38.7. The third kappa shape index (κ3) is 18.6. The molecule has 1 aromatic heterocycles. The maximum absolute atomic E-state index is 14.6. The van der Waals surface area contributed by atoms with Crippen molar-refractivity contribution in [3.05, 3.63) is 102 Å². The Labute approximate surface area is 479 Å². The van der Waals surface area contributed by atoms with Crippen LogP contribution in [0, 0.1) is 23.7 Å². The molecule has 10 atom stereocenters. The van der Waals surface area contributed by atoms with E-state index in [0.29, 0.717) is 17.5 Å². The number of aromatic amines is 1. The summed E-state index contributed by atoms with van der Waals surface area (Å²) >= 11 is 0. The standard InChI is InChI=1S/C60H84N10O12/c1-32(2)26-44(54(75)69-51(36(9)71)58(79)66-47(60(81)82)27-33(3)4)63-53(74)45(28-37-16-11-10-12-17-37)64-56(77)49(34(5)6)68-57(78)50(35(7)8)67-55(76)48-20-15-25-70(48)59(80)46(29-38-21-23-40(72)24-22-38)65-52(73)42(61)30-39-31-62-43-19-14-13-18-41(39)43/h10-14,16-19,21-24,31-36,42,44-51,62,71-72H,15,20,25-30,61H2,1-9H3,(H,63,74)(H,64,77)(H,65,73)(H,66,79)(H,67,76)(H,68,78)(H,69,75)(H,81,82)/t36-,42+,44+,45+,46+,47+,48+,49+,50+,51+/m1/s1. The van der Waals surface area contributed by atoms with Gasteiger partial charge in [0.25, 0.3) is 0 Å². The van der Waals surface area contributed by atoms with E-state index < -0.39 is 126 Å². The average Bonchev–Trinajstić information content (AvgIpc) is 4.22. The van der Waals surface area contributed by atoms with Gasteiger partial charge < -0.3 is 68.2 Å². The van der Waals surface area contributed by atoms with Crippen LogP contribution in [0.15, 0.2) is 85.1 Å². The van der Waals surface area contributed by atoms with E-state index in [4.69, 9.17) is 5.73 Å². The van der Waals surface area contributed by atoms with E-state index in [0.717, 1.165) is 16.5 Å². The number of carboxylic acid groups (broad SMARTS) is 1. The van der Waals surface area contributed by atoms with Crippen LogP contribution in [-0.2, 0) is 62.4 Å². The molecular weight excluding hydrogens is 1050 g/mol. The van der Waals surface area contributed by atoms with Crippen molar-refractivity contribution in [2.45, 2.75) is 168 Å². The van der Waals surface area contributed by atoms with Crippen molar-refractivity contribution in [2.24, 2.45) is 29.4 Å². The van der Waals surface area contributed by atoms with Gasteiger partial charge in [-0.3, -0.25) is 38.4 Å². The van der Waals surface area contributed by atoms with Crippen molar-refractivity contribution < 1.29 is 58.5 Å². The molecule has 22 nitrogen and oxygen atoms in total. The lowest BCUT2D eigenvalue weighted by molar-refractivity contribution is -0.143. The molecule has 22 heteroatoms. The maximum atomic E-state index is 14.6. The highest BCUT2D eigenvalue weighted by Crippen LogP contribution is 2.23. The van der Waals surface area contributed by atoms with Crippen molar-refractivity contribution >= 4 is 64.1 Å². The Morgan fingerprint density at radius 2 is 1.07 bits per heavy atom. The van der Waals surface area contributed by atoms with Crippen LogP contribution < -0.4 is 43.0 Å². The van der Waals surface area contributed by atoms with Crippen molar-refractivity contribution in [1.82, 2.24) is 47.1 Å². The zero-order valence-corrected chi connectivity index (χ0v) is 48.4. The van der Waals surface area contributed by atoms with Crippen LogP contribution in [-0.4, -0.2) is 145 Å². The lowest BCUT2D eigenvalue weighted by atomic mass is 9.97. The molecular formula is C60H84N10O12. The number of nitrogens with zero attached hydrogens (tertiary/aromatic N) is 1. The lowest BCUT2D eigenvalue weighted by Crippen LogP contribution is -2.62. The lowest BCUT2D eigenvalue weighted by Gasteiger charge is -2.32. The number of nitrogens with one attached hydrogen (secondary N) is 8. The predicted molar refractivity (Wildman–Crippen MR) is 308 cm³/mol. The molecule has 3 aromatic carbocycles. The first-order valence-electron chi connectivity index (χ1n) is 28.2. The molecule has 1 aliphatic rings. The van der Waals surface area contributed by atoms with E-state index in [1.54, 1.807) is 104 Å². The fourth-order valence-electron chi connectivity index (χ4n) is 9.95. The summed E-state index contributed by atoms with van der Waals surface area (Å²) in [4.78, 5) is 130. The first kappa shape index (κ1) is 65.0. The summed E-state index contributed by atoms with van der Waals surface area (Å²) in [6.07, 6.45) is 1.25. The molecule has 0 unspecified atom stereocenters. The van der Waals surface area contributed by atoms with Gasteiger partial charge in [0.2, 0.25) is 47.3 Å². The van der Waals surface area contributed by atoms with Gasteiger partial charge >= 0.3 is 5.97 Å². The molecule has 1 aliphatic heterocycles. The number of amides is 8. The number of fused-ring (bicyclic) bond motifs is 1.